The minimum atomic E-state index is -0.393. The first-order chi connectivity index (χ1) is 20.3. The molecule has 0 unspecified atom stereocenters. The lowest BCUT2D eigenvalue weighted by Gasteiger charge is -2.32. The first-order valence-electron chi connectivity index (χ1n) is 14.4. The molecule has 5 heterocycles. The van der Waals surface area contributed by atoms with Gasteiger partial charge in [-0.3, -0.25) is 14.1 Å². The van der Waals surface area contributed by atoms with Crippen LogP contribution in [0.3, 0.4) is 0 Å². The van der Waals surface area contributed by atoms with Gasteiger partial charge in [0.15, 0.2) is 5.13 Å². The third-order valence-corrected chi connectivity index (χ3v) is 9.43. The smallest absolute Gasteiger partial charge is 0.236 e. The van der Waals surface area contributed by atoms with E-state index in [0.29, 0.717) is 53.2 Å². The zero-order valence-corrected chi connectivity index (χ0v) is 24.6. The molecule has 3 aromatic heterocycles. The van der Waals surface area contributed by atoms with Crippen molar-refractivity contribution >= 4 is 33.8 Å². The summed E-state index contributed by atoms with van der Waals surface area (Å²) in [6, 6.07) is 12.5. The maximum absolute atomic E-state index is 13.5. The number of carbonyl (C=O) groups is 1. The number of anilines is 2. The molecule has 42 heavy (non-hydrogen) atoms. The van der Waals surface area contributed by atoms with E-state index in [4.69, 9.17) is 9.97 Å². The Morgan fingerprint density at radius 3 is 2.57 bits per heavy atom. The fraction of sp³-hybridized carbons (Fsp3) is 0.419. The average Bonchev–Trinajstić information content (AvgIpc) is 3.73. The number of aromatic nitrogens is 3. The fourth-order valence-corrected chi connectivity index (χ4v) is 6.89. The number of hydrogen-bond acceptors (Lipinski definition) is 8. The monoisotopic (exact) mass is 587 g/mol. The van der Waals surface area contributed by atoms with Crippen LogP contribution in [0.15, 0.2) is 42.6 Å². The summed E-state index contributed by atoms with van der Waals surface area (Å²) in [5, 5.41) is 20.2. The Bertz CT molecular complexity index is 1640. The number of likely N-dealkylation sites (tertiary alicyclic amines) is 2. The van der Waals surface area contributed by atoms with Gasteiger partial charge in [-0.25, -0.2) is 14.4 Å². The van der Waals surface area contributed by atoms with E-state index in [0.717, 1.165) is 49.5 Å². The number of halogens is 1. The number of aliphatic hydroxyl groups is 1. The summed E-state index contributed by atoms with van der Waals surface area (Å²) < 4.78 is 15.6. The molecule has 0 radical (unpaired) electrons. The highest BCUT2D eigenvalue weighted by molar-refractivity contribution is 7.16. The number of nitrogens with zero attached hydrogens (tertiary/aromatic N) is 7. The molecule has 1 atom stereocenters. The van der Waals surface area contributed by atoms with Crippen molar-refractivity contribution < 1.29 is 14.3 Å². The van der Waals surface area contributed by atoms with Gasteiger partial charge in [0.05, 0.1) is 18.3 Å². The number of nitriles is 1. The zero-order chi connectivity index (χ0) is 29.4. The topological polar surface area (TPSA) is 101 Å². The van der Waals surface area contributed by atoms with Gasteiger partial charge in [0.1, 0.15) is 33.9 Å². The molecule has 2 fully saturated rings. The zero-order valence-electron chi connectivity index (χ0n) is 23.8. The van der Waals surface area contributed by atoms with E-state index in [1.165, 1.54) is 29.0 Å². The molecule has 0 aliphatic carbocycles. The Kier molecular flexibility index (Phi) is 7.94. The number of aliphatic hydroxyl groups excluding tert-OH is 1. The lowest BCUT2D eigenvalue weighted by Crippen LogP contribution is -2.42. The maximum Gasteiger partial charge on any atom is 0.236 e. The molecular formula is C31H34FN7O2S. The van der Waals surface area contributed by atoms with E-state index in [-0.39, 0.29) is 11.7 Å². The van der Waals surface area contributed by atoms with Gasteiger partial charge in [-0.1, -0.05) is 24.3 Å². The SMILES string of the molecule is CCc1nc2ccc(C3CCN(CC(=O)N4CC[C@@H](O)C4)CC3)cn2c1N(C)c1nc(-c2ccc(F)cc2)c(C#N)s1. The molecule has 0 spiro atoms. The van der Waals surface area contributed by atoms with Crippen molar-refractivity contribution in [2.24, 2.45) is 0 Å². The van der Waals surface area contributed by atoms with E-state index in [2.05, 4.69) is 40.6 Å². The van der Waals surface area contributed by atoms with Crippen LogP contribution in [0.1, 0.15) is 48.2 Å². The summed E-state index contributed by atoms with van der Waals surface area (Å²) >= 11 is 1.31. The number of rotatable bonds is 7. The lowest BCUT2D eigenvalue weighted by molar-refractivity contribution is -0.132. The van der Waals surface area contributed by atoms with Crippen molar-refractivity contribution in [3.63, 3.8) is 0 Å². The Hall–Kier alpha value is -3.85. The van der Waals surface area contributed by atoms with Crippen LogP contribution in [0.4, 0.5) is 15.3 Å². The van der Waals surface area contributed by atoms with E-state index < -0.39 is 6.10 Å². The summed E-state index contributed by atoms with van der Waals surface area (Å²) in [7, 11) is 1.94. The Labute approximate surface area is 248 Å². The third-order valence-electron chi connectivity index (χ3n) is 8.39. The van der Waals surface area contributed by atoms with Crippen molar-refractivity contribution in [3.05, 3.63) is 64.5 Å². The van der Waals surface area contributed by atoms with E-state index in [9.17, 15) is 19.6 Å². The standard InChI is InChI=1S/C31H34FN7O2S/c1-3-25-30(36(2)31-35-29(26(16-33)42-31)21-4-7-23(32)8-5-21)39-17-22(6-9-27(39)34-25)20-10-13-37(14-11-20)19-28(41)38-15-12-24(40)18-38/h4-9,17,20,24,40H,3,10-15,18-19H2,1-2H3/t24-/m1/s1. The van der Waals surface area contributed by atoms with Gasteiger partial charge in [-0.05, 0) is 80.6 Å². The number of piperidine rings is 1. The number of benzene rings is 1. The molecule has 11 heteroatoms. The van der Waals surface area contributed by atoms with Gasteiger partial charge < -0.3 is 14.9 Å². The summed E-state index contributed by atoms with van der Waals surface area (Å²) in [5.41, 5.74) is 4.26. The highest BCUT2D eigenvalue weighted by Gasteiger charge is 2.28. The molecule has 2 saturated heterocycles. The first-order valence-corrected chi connectivity index (χ1v) is 15.3. The second-order valence-electron chi connectivity index (χ2n) is 11.1. The van der Waals surface area contributed by atoms with Crippen LogP contribution in [0.5, 0.6) is 0 Å². The van der Waals surface area contributed by atoms with E-state index >= 15 is 0 Å². The van der Waals surface area contributed by atoms with Crippen LogP contribution >= 0.6 is 11.3 Å². The molecule has 9 nitrogen and oxygen atoms in total. The Balaban J connectivity index is 1.22. The number of β-amino-alcohol motifs (C(OH)–C–C–N with tert-alkyl or cyclic N) is 1. The molecule has 1 aromatic carbocycles. The molecule has 0 bridgehead atoms. The van der Waals surface area contributed by atoms with Crippen molar-refractivity contribution in [1.82, 2.24) is 24.2 Å². The normalized spacial score (nSPS) is 18.1. The van der Waals surface area contributed by atoms with Crippen LogP contribution in [0, 0.1) is 17.1 Å². The van der Waals surface area contributed by atoms with Crippen LogP contribution in [-0.4, -0.2) is 81.1 Å². The van der Waals surface area contributed by atoms with Gasteiger partial charge in [0.2, 0.25) is 5.91 Å². The highest BCUT2D eigenvalue weighted by Crippen LogP contribution is 2.37. The van der Waals surface area contributed by atoms with Gasteiger partial charge in [0, 0.05) is 31.9 Å². The molecular weight excluding hydrogens is 553 g/mol. The number of thiazole rings is 1. The van der Waals surface area contributed by atoms with Gasteiger partial charge in [-0.2, -0.15) is 5.26 Å². The molecule has 2 aliphatic heterocycles. The molecule has 1 amide bonds. The lowest BCUT2D eigenvalue weighted by atomic mass is 9.90. The minimum Gasteiger partial charge on any atom is -0.391 e. The highest BCUT2D eigenvalue weighted by atomic mass is 32.1. The van der Waals surface area contributed by atoms with E-state index in [1.807, 2.05) is 11.9 Å². The summed E-state index contributed by atoms with van der Waals surface area (Å²) in [5.74, 6) is 1.05. The number of carbonyl (C=O) groups excluding carboxylic acids is 1. The largest absolute Gasteiger partial charge is 0.391 e. The van der Waals surface area contributed by atoms with Crippen molar-refractivity contribution in [1.29, 1.82) is 5.26 Å². The number of amides is 1. The predicted molar refractivity (Wildman–Crippen MR) is 160 cm³/mol. The summed E-state index contributed by atoms with van der Waals surface area (Å²) in [6.07, 6.45) is 5.10. The van der Waals surface area contributed by atoms with Crippen molar-refractivity contribution in [2.75, 3.05) is 44.7 Å². The minimum absolute atomic E-state index is 0.105. The van der Waals surface area contributed by atoms with Crippen LogP contribution in [0.25, 0.3) is 16.9 Å². The Morgan fingerprint density at radius 2 is 1.90 bits per heavy atom. The number of fused-ring (bicyclic) bond motifs is 1. The molecule has 1 N–H and O–H groups in total. The van der Waals surface area contributed by atoms with Crippen molar-refractivity contribution in [3.8, 4) is 17.3 Å². The second kappa shape index (κ2) is 11.8. The first kappa shape index (κ1) is 28.3. The van der Waals surface area contributed by atoms with Crippen molar-refractivity contribution in [2.45, 2.75) is 44.6 Å². The quantitative estimate of drug-likeness (QED) is 0.338. The van der Waals surface area contributed by atoms with E-state index in [1.54, 1.807) is 17.0 Å². The van der Waals surface area contributed by atoms with Gasteiger partial charge in [-0.15, -0.1) is 0 Å². The molecule has 218 valence electrons. The Morgan fingerprint density at radius 1 is 1.14 bits per heavy atom. The molecule has 0 saturated carbocycles. The van der Waals surface area contributed by atoms with Crippen LogP contribution in [-0.2, 0) is 11.2 Å². The van der Waals surface area contributed by atoms with Gasteiger partial charge >= 0.3 is 0 Å². The number of aryl methyl sites for hydroxylation is 1. The molecule has 2 aliphatic rings. The second-order valence-corrected chi connectivity index (χ2v) is 12.1. The average molecular weight is 588 g/mol. The summed E-state index contributed by atoms with van der Waals surface area (Å²) in [6.45, 7) is 5.28. The maximum atomic E-state index is 13.5. The number of hydrogen-bond donors (Lipinski definition) is 1. The van der Waals surface area contributed by atoms with Crippen LogP contribution in [0.2, 0.25) is 0 Å². The van der Waals surface area contributed by atoms with Crippen LogP contribution < -0.4 is 4.90 Å². The number of pyridine rings is 1. The predicted octanol–water partition coefficient (Wildman–Crippen LogP) is 4.57. The number of imidazole rings is 1. The summed E-state index contributed by atoms with van der Waals surface area (Å²) in [4.78, 5) is 28.8. The third kappa shape index (κ3) is 5.50. The fourth-order valence-electron chi connectivity index (χ4n) is 6.04. The molecule has 6 rings (SSSR count). The van der Waals surface area contributed by atoms with Gasteiger partial charge in [0.25, 0.3) is 0 Å². The molecule has 4 aromatic rings.